The second-order valence-electron chi connectivity index (χ2n) is 4.83. The van der Waals surface area contributed by atoms with Crippen molar-refractivity contribution in [3.8, 4) is 0 Å². The highest BCUT2D eigenvalue weighted by atomic mass is 16.1. The number of aryl methyl sites for hydroxylation is 1. The quantitative estimate of drug-likeness (QED) is 0.552. The Morgan fingerprint density at radius 2 is 2.05 bits per heavy atom. The molecule has 0 aliphatic heterocycles. The molecule has 21 heavy (non-hydrogen) atoms. The number of aromatic nitrogens is 2. The number of hydrogen-bond acceptors (Lipinski definition) is 5. The summed E-state index contributed by atoms with van der Waals surface area (Å²) in [5.41, 5.74) is 3.87. The average molecular weight is 285 g/mol. The number of nitrogens with two attached hydrogens (primary N) is 1. The molecule has 1 heterocycles. The van der Waals surface area contributed by atoms with Crippen LogP contribution < -0.4 is 16.6 Å². The highest BCUT2D eigenvalue weighted by molar-refractivity contribution is 5.92. The smallest absolute Gasteiger partial charge is 0.271 e. The molecule has 6 heteroatoms. The molecular weight excluding hydrogens is 266 g/mol. The molecule has 2 aromatic rings. The minimum absolute atomic E-state index is 0.0500. The van der Waals surface area contributed by atoms with E-state index < -0.39 is 0 Å². The highest BCUT2D eigenvalue weighted by Crippen LogP contribution is 2.06. The number of hydrogen-bond donors (Lipinski definition) is 3. The molecule has 1 aromatic heterocycles. The van der Waals surface area contributed by atoms with E-state index in [1.807, 2.05) is 25.1 Å². The normalized spacial score (nSPS) is 11.7. The van der Waals surface area contributed by atoms with Gasteiger partial charge in [0.2, 0.25) is 0 Å². The third-order valence-electron chi connectivity index (χ3n) is 3.10. The average Bonchev–Trinajstić information content (AvgIpc) is 2.54. The Kier molecular flexibility index (Phi) is 5.22. The maximum atomic E-state index is 12.1. The van der Waals surface area contributed by atoms with Crippen LogP contribution in [-0.4, -0.2) is 21.9 Å². The largest absolute Gasteiger partial charge is 0.348 e. The third-order valence-corrected chi connectivity index (χ3v) is 3.10. The van der Waals surface area contributed by atoms with Gasteiger partial charge in [0.15, 0.2) is 5.82 Å². The SMILES string of the molecule is CC(CCc1ccccc1)NC(=O)c1cncc(NN)n1. The van der Waals surface area contributed by atoms with Crippen molar-refractivity contribution in [2.24, 2.45) is 5.84 Å². The van der Waals surface area contributed by atoms with Crippen molar-refractivity contribution in [1.82, 2.24) is 15.3 Å². The van der Waals surface area contributed by atoms with Crippen molar-refractivity contribution in [2.45, 2.75) is 25.8 Å². The molecule has 0 bridgehead atoms. The van der Waals surface area contributed by atoms with E-state index in [-0.39, 0.29) is 17.6 Å². The lowest BCUT2D eigenvalue weighted by Gasteiger charge is -2.13. The Balaban J connectivity index is 1.87. The molecule has 0 fully saturated rings. The van der Waals surface area contributed by atoms with Crippen LogP contribution in [0.2, 0.25) is 0 Å². The van der Waals surface area contributed by atoms with E-state index in [2.05, 4.69) is 32.8 Å². The van der Waals surface area contributed by atoms with Crippen LogP contribution in [0.25, 0.3) is 0 Å². The van der Waals surface area contributed by atoms with Gasteiger partial charge in [0, 0.05) is 6.04 Å². The van der Waals surface area contributed by atoms with Gasteiger partial charge in [-0.25, -0.2) is 10.8 Å². The summed E-state index contributed by atoms with van der Waals surface area (Å²) in [6.07, 6.45) is 4.64. The number of nitrogens with one attached hydrogen (secondary N) is 2. The minimum atomic E-state index is -0.250. The summed E-state index contributed by atoms with van der Waals surface area (Å²) in [5, 5.41) is 2.91. The molecule has 0 aliphatic rings. The lowest BCUT2D eigenvalue weighted by Crippen LogP contribution is -2.33. The van der Waals surface area contributed by atoms with Gasteiger partial charge in [-0.2, -0.15) is 0 Å². The van der Waals surface area contributed by atoms with E-state index in [9.17, 15) is 4.79 Å². The molecule has 4 N–H and O–H groups in total. The first kappa shape index (κ1) is 14.9. The van der Waals surface area contributed by atoms with Crippen LogP contribution in [0.15, 0.2) is 42.7 Å². The van der Waals surface area contributed by atoms with E-state index >= 15 is 0 Å². The van der Waals surface area contributed by atoms with E-state index in [0.717, 1.165) is 12.8 Å². The summed E-state index contributed by atoms with van der Waals surface area (Å²) < 4.78 is 0. The Morgan fingerprint density at radius 3 is 2.76 bits per heavy atom. The number of hydrazine groups is 1. The predicted octanol–water partition coefficient (Wildman–Crippen LogP) is 1.51. The van der Waals surface area contributed by atoms with Gasteiger partial charge < -0.3 is 10.7 Å². The monoisotopic (exact) mass is 285 g/mol. The summed E-state index contributed by atoms with van der Waals surface area (Å²) in [6, 6.07) is 10.2. The van der Waals surface area contributed by atoms with Crippen molar-refractivity contribution < 1.29 is 4.79 Å². The summed E-state index contributed by atoms with van der Waals surface area (Å²) in [5.74, 6) is 5.36. The lowest BCUT2D eigenvalue weighted by atomic mass is 10.1. The summed E-state index contributed by atoms with van der Waals surface area (Å²) in [6.45, 7) is 1.97. The number of carbonyl (C=O) groups excluding carboxylic acids is 1. The van der Waals surface area contributed by atoms with Gasteiger partial charge in [0.05, 0.1) is 12.4 Å². The second-order valence-corrected chi connectivity index (χ2v) is 4.83. The molecule has 110 valence electrons. The van der Waals surface area contributed by atoms with Gasteiger partial charge >= 0.3 is 0 Å². The molecule has 1 aromatic carbocycles. The molecule has 0 saturated carbocycles. The van der Waals surface area contributed by atoms with Crippen LogP contribution in [0, 0.1) is 0 Å². The molecule has 1 amide bonds. The van der Waals surface area contributed by atoms with Crippen molar-refractivity contribution in [1.29, 1.82) is 0 Å². The molecular formula is C15H19N5O. The number of benzene rings is 1. The van der Waals surface area contributed by atoms with Crippen LogP contribution in [0.4, 0.5) is 5.82 Å². The maximum absolute atomic E-state index is 12.1. The molecule has 0 aliphatic carbocycles. The molecule has 1 unspecified atom stereocenters. The molecule has 1 atom stereocenters. The van der Waals surface area contributed by atoms with Gasteiger partial charge in [-0.15, -0.1) is 0 Å². The fourth-order valence-electron chi connectivity index (χ4n) is 1.94. The van der Waals surface area contributed by atoms with E-state index in [1.54, 1.807) is 0 Å². The van der Waals surface area contributed by atoms with Gasteiger partial charge in [0.1, 0.15) is 5.69 Å². The predicted molar refractivity (Wildman–Crippen MR) is 81.5 cm³/mol. The standard InChI is InChI=1S/C15H19N5O/c1-11(7-8-12-5-3-2-4-6-12)18-15(21)13-9-17-10-14(19-13)20-16/h2-6,9-11H,7-8,16H2,1H3,(H,18,21)(H,19,20). The first-order chi connectivity index (χ1) is 10.2. The van der Waals surface area contributed by atoms with Gasteiger partial charge in [-0.05, 0) is 25.3 Å². The van der Waals surface area contributed by atoms with E-state index in [1.165, 1.54) is 18.0 Å². The van der Waals surface area contributed by atoms with Gasteiger partial charge in [0.25, 0.3) is 5.91 Å². The zero-order chi connectivity index (χ0) is 15.1. The van der Waals surface area contributed by atoms with Crippen molar-refractivity contribution in [3.05, 3.63) is 54.0 Å². The Bertz CT molecular complexity index is 588. The number of rotatable bonds is 6. The molecule has 0 radical (unpaired) electrons. The van der Waals surface area contributed by atoms with Crippen LogP contribution in [-0.2, 0) is 6.42 Å². The number of nitrogen functional groups attached to an aromatic ring is 1. The number of carbonyl (C=O) groups is 1. The van der Waals surface area contributed by atoms with Crippen LogP contribution in [0.1, 0.15) is 29.4 Å². The summed E-state index contributed by atoms with van der Waals surface area (Å²) >= 11 is 0. The van der Waals surface area contributed by atoms with E-state index in [4.69, 9.17) is 5.84 Å². The minimum Gasteiger partial charge on any atom is -0.348 e. The molecule has 0 saturated heterocycles. The van der Waals surface area contributed by atoms with Crippen LogP contribution >= 0.6 is 0 Å². The number of nitrogens with zero attached hydrogens (tertiary/aromatic N) is 2. The van der Waals surface area contributed by atoms with Crippen LogP contribution in [0.5, 0.6) is 0 Å². The van der Waals surface area contributed by atoms with Crippen LogP contribution in [0.3, 0.4) is 0 Å². The van der Waals surface area contributed by atoms with Crippen molar-refractivity contribution in [2.75, 3.05) is 5.43 Å². The maximum Gasteiger partial charge on any atom is 0.271 e. The summed E-state index contributed by atoms with van der Waals surface area (Å²) in [7, 11) is 0. The molecule has 2 rings (SSSR count). The first-order valence-electron chi connectivity index (χ1n) is 6.82. The topological polar surface area (TPSA) is 92.9 Å². The molecule has 0 spiro atoms. The zero-order valence-electron chi connectivity index (χ0n) is 11.9. The fourth-order valence-corrected chi connectivity index (χ4v) is 1.94. The lowest BCUT2D eigenvalue weighted by molar-refractivity contribution is 0.0933. The Labute approximate surface area is 123 Å². The highest BCUT2D eigenvalue weighted by Gasteiger charge is 2.12. The van der Waals surface area contributed by atoms with E-state index in [0.29, 0.717) is 5.82 Å². The summed E-state index contributed by atoms with van der Waals surface area (Å²) in [4.78, 5) is 20.0. The Hall–Kier alpha value is -2.47. The first-order valence-corrected chi connectivity index (χ1v) is 6.82. The van der Waals surface area contributed by atoms with Gasteiger partial charge in [-0.3, -0.25) is 9.78 Å². The van der Waals surface area contributed by atoms with Gasteiger partial charge in [-0.1, -0.05) is 30.3 Å². The zero-order valence-corrected chi connectivity index (χ0v) is 11.9. The number of amides is 1. The number of anilines is 1. The third kappa shape index (κ3) is 4.54. The van der Waals surface area contributed by atoms with Crippen molar-refractivity contribution in [3.63, 3.8) is 0 Å². The molecule has 6 nitrogen and oxygen atoms in total. The Morgan fingerprint density at radius 1 is 1.29 bits per heavy atom. The second kappa shape index (κ2) is 7.35. The van der Waals surface area contributed by atoms with Crippen molar-refractivity contribution >= 4 is 11.7 Å². The fraction of sp³-hybridized carbons (Fsp3) is 0.267.